The van der Waals surface area contributed by atoms with E-state index in [1.165, 1.54) is 24.3 Å². The van der Waals surface area contributed by atoms with Gasteiger partial charge in [0.1, 0.15) is 0 Å². The molecule has 2 rings (SSSR count). The Morgan fingerprint density at radius 1 is 0.846 bits per heavy atom. The van der Waals surface area contributed by atoms with Crippen LogP contribution < -0.4 is 10.4 Å². The van der Waals surface area contributed by atoms with E-state index in [-0.39, 0.29) is 30.8 Å². The molecule has 0 saturated carbocycles. The number of esters is 1. The molecule has 0 aromatic heterocycles. The Balaban J connectivity index is 1.85. The third-order valence-electron chi connectivity index (χ3n) is 3.39. The molecule has 0 aliphatic carbocycles. The molecular formula is C19H16NO6-. The van der Waals surface area contributed by atoms with Gasteiger partial charge in [-0.15, -0.1) is 0 Å². The number of Topliss-reactive ketones (excluding diaryl/α,β-unsaturated/α-hetero) is 1. The van der Waals surface area contributed by atoms with Gasteiger partial charge < -0.3 is 20.0 Å². The predicted octanol–water partition coefficient (Wildman–Crippen LogP) is 1.19. The zero-order valence-corrected chi connectivity index (χ0v) is 13.8. The largest absolute Gasteiger partial charge is 0.550 e. The van der Waals surface area contributed by atoms with Gasteiger partial charge in [0.05, 0.1) is 5.56 Å². The summed E-state index contributed by atoms with van der Waals surface area (Å²) in [6.45, 7) is -0.370. The van der Waals surface area contributed by atoms with Crippen molar-refractivity contribution in [1.82, 2.24) is 0 Å². The first-order chi connectivity index (χ1) is 12.5. The topological polar surface area (TPSA) is 113 Å². The van der Waals surface area contributed by atoms with Crippen molar-refractivity contribution in [3.8, 4) is 0 Å². The fourth-order valence-electron chi connectivity index (χ4n) is 2.05. The second-order valence-corrected chi connectivity index (χ2v) is 5.36. The number of carboxylic acids is 1. The first-order valence-corrected chi connectivity index (χ1v) is 7.81. The molecule has 0 bridgehead atoms. The van der Waals surface area contributed by atoms with Crippen molar-refractivity contribution < 1.29 is 29.0 Å². The van der Waals surface area contributed by atoms with Gasteiger partial charge in [-0.05, 0) is 30.7 Å². The number of rotatable bonds is 8. The molecule has 7 heteroatoms. The molecule has 0 atom stereocenters. The van der Waals surface area contributed by atoms with Crippen molar-refractivity contribution in [3.05, 3.63) is 65.7 Å². The van der Waals surface area contributed by atoms with E-state index in [1.807, 2.05) is 0 Å². The molecule has 26 heavy (non-hydrogen) atoms. The molecule has 0 saturated heterocycles. The summed E-state index contributed by atoms with van der Waals surface area (Å²) >= 11 is 0. The normalized spacial score (nSPS) is 10.0. The van der Waals surface area contributed by atoms with E-state index in [0.29, 0.717) is 11.3 Å². The predicted molar refractivity (Wildman–Crippen MR) is 90.4 cm³/mol. The number of aliphatic carboxylic acids is 1. The summed E-state index contributed by atoms with van der Waals surface area (Å²) < 4.78 is 4.98. The molecule has 0 aliphatic rings. The fraction of sp³-hybridized carbons (Fsp3) is 0.158. The molecule has 0 heterocycles. The maximum atomic E-state index is 12.0. The van der Waals surface area contributed by atoms with E-state index < -0.39 is 17.8 Å². The Morgan fingerprint density at radius 3 is 2.12 bits per heavy atom. The number of anilines is 1. The van der Waals surface area contributed by atoms with Crippen molar-refractivity contribution in [2.45, 2.75) is 12.8 Å². The van der Waals surface area contributed by atoms with E-state index in [0.717, 1.165) is 0 Å². The van der Waals surface area contributed by atoms with E-state index in [9.17, 15) is 24.3 Å². The van der Waals surface area contributed by atoms with Gasteiger partial charge >= 0.3 is 5.97 Å². The van der Waals surface area contributed by atoms with E-state index in [1.54, 1.807) is 30.3 Å². The Bertz CT molecular complexity index is 799. The minimum absolute atomic E-state index is 0.201. The summed E-state index contributed by atoms with van der Waals surface area (Å²) in [6.07, 6.45) is -0.570. The number of carboxylic acid groups (broad SMARTS) is 1. The van der Waals surface area contributed by atoms with Gasteiger partial charge in [-0.25, -0.2) is 4.79 Å². The third-order valence-corrected chi connectivity index (χ3v) is 3.39. The average Bonchev–Trinajstić information content (AvgIpc) is 2.65. The summed E-state index contributed by atoms with van der Waals surface area (Å²) in [5.74, 6) is -2.75. The van der Waals surface area contributed by atoms with Crippen molar-refractivity contribution in [2.75, 3.05) is 11.9 Å². The lowest BCUT2D eigenvalue weighted by atomic mass is 10.1. The monoisotopic (exact) mass is 354 g/mol. The SMILES string of the molecule is O=C([O-])CCC(=O)Nc1ccc(C(=O)OCC(=O)c2ccccc2)cc1. The van der Waals surface area contributed by atoms with Gasteiger partial charge in [-0.1, -0.05) is 30.3 Å². The second-order valence-electron chi connectivity index (χ2n) is 5.36. The highest BCUT2D eigenvalue weighted by Gasteiger charge is 2.12. The molecule has 0 fully saturated rings. The lowest BCUT2D eigenvalue weighted by Crippen LogP contribution is -2.24. The number of nitrogens with one attached hydrogen (secondary N) is 1. The highest BCUT2D eigenvalue weighted by Crippen LogP contribution is 2.11. The fourth-order valence-corrected chi connectivity index (χ4v) is 2.05. The van der Waals surface area contributed by atoms with Crippen LogP contribution in [0.4, 0.5) is 5.69 Å². The number of ether oxygens (including phenoxy) is 1. The highest BCUT2D eigenvalue weighted by atomic mass is 16.5. The quantitative estimate of drug-likeness (QED) is 0.563. The molecule has 7 nitrogen and oxygen atoms in total. The molecule has 0 radical (unpaired) electrons. The average molecular weight is 354 g/mol. The third kappa shape index (κ3) is 5.86. The minimum atomic E-state index is -1.30. The van der Waals surface area contributed by atoms with Crippen LogP contribution in [0.3, 0.4) is 0 Å². The maximum Gasteiger partial charge on any atom is 0.338 e. The van der Waals surface area contributed by atoms with Gasteiger partial charge in [0, 0.05) is 23.6 Å². The molecule has 1 N–H and O–H groups in total. The van der Waals surface area contributed by atoms with Crippen LogP contribution in [-0.2, 0) is 14.3 Å². The number of benzene rings is 2. The van der Waals surface area contributed by atoms with Gasteiger partial charge in [0.2, 0.25) is 5.91 Å². The molecule has 0 aliphatic heterocycles. The molecule has 0 unspecified atom stereocenters. The smallest absolute Gasteiger partial charge is 0.338 e. The van der Waals surface area contributed by atoms with Crippen LogP contribution in [-0.4, -0.2) is 30.2 Å². The van der Waals surface area contributed by atoms with E-state index in [2.05, 4.69) is 5.32 Å². The summed E-state index contributed by atoms with van der Waals surface area (Å²) in [6, 6.07) is 14.3. The van der Waals surface area contributed by atoms with Crippen LogP contribution in [0.1, 0.15) is 33.6 Å². The summed E-state index contributed by atoms with van der Waals surface area (Å²) in [4.78, 5) is 45.7. The summed E-state index contributed by atoms with van der Waals surface area (Å²) in [5, 5.41) is 12.8. The first-order valence-electron chi connectivity index (χ1n) is 7.81. The van der Waals surface area contributed by atoms with Crippen LogP contribution in [0.2, 0.25) is 0 Å². The maximum absolute atomic E-state index is 12.0. The van der Waals surface area contributed by atoms with Gasteiger partial charge in [-0.2, -0.15) is 0 Å². The number of hydrogen-bond acceptors (Lipinski definition) is 6. The van der Waals surface area contributed by atoms with Crippen LogP contribution in [0, 0.1) is 0 Å². The molecule has 2 aromatic rings. The Kier molecular flexibility index (Phi) is 6.61. The highest BCUT2D eigenvalue weighted by molar-refractivity contribution is 5.99. The number of carbonyl (C=O) groups excluding carboxylic acids is 4. The van der Waals surface area contributed by atoms with Crippen LogP contribution in [0.25, 0.3) is 0 Å². The van der Waals surface area contributed by atoms with Crippen LogP contribution in [0.5, 0.6) is 0 Å². The first kappa shape index (κ1) is 18.9. The zero-order valence-electron chi connectivity index (χ0n) is 13.8. The molecule has 134 valence electrons. The Morgan fingerprint density at radius 2 is 1.50 bits per heavy atom. The standard InChI is InChI=1S/C19H17NO6/c21-16(13-4-2-1-3-5-13)12-26-19(25)14-6-8-15(9-7-14)20-17(22)10-11-18(23)24/h1-9H,10-12H2,(H,20,22)(H,23,24)/p-1. The van der Waals surface area contributed by atoms with E-state index >= 15 is 0 Å². The Hall–Kier alpha value is -3.48. The molecular weight excluding hydrogens is 338 g/mol. The number of hydrogen-bond donors (Lipinski definition) is 1. The summed E-state index contributed by atoms with van der Waals surface area (Å²) in [7, 11) is 0. The number of ketones is 1. The van der Waals surface area contributed by atoms with Crippen LogP contribution in [0.15, 0.2) is 54.6 Å². The zero-order chi connectivity index (χ0) is 18.9. The lowest BCUT2D eigenvalue weighted by Gasteiger charge is -2.07. The molecule has 0 spiro atoms. The van der Waals surface area contributed by atoms with Crippen molar-refractivity contribution in [1.29, 1.82) is 0 Å². The van der Waals surface area contributed by atoms with Crippen molar-refractivity contribution in [2.24, 2.45) is 0 Å². The number of carbonyl (C=O) groups is 4. The van der Waals surface area contributed by atoms with Crippen molar-refractivity contribution >= 4 is 29.3 Å². The van der Waals surface area contributed by atoms with E-state index in [4.69, 9.17) is 4.74 Å². The Labute approximate surface area is 149 Å². The van der Waals surface area contributed by atoms with Crippen LogP contribution >= 0.6 is 0 Å². The van der Waals surface area contributed by atoms with Gasteiger partial charge in [0.25, 0.3) is 0 Å². The second kappa shape index (κ2) is 9.12. The van der Waals surface area contributed by atoms with Gasteiger partial charge in [-0.3, -0.25) is 9.59 Å². The molecule has 1 amide bonds. The van der Waals surface area contributed by atoms with Crippen molar-refractivity contribution in [3.63, 3.8) is 0 Å². The lowest BCUT2D eigenvalue weighted by molar-refractivity contribution is -0.305. The van der Waals surface area contributed by atoms with Gasteiger partial charge in [0.15, 0.2) is 12.4 Å². The number of amides is 1. The minimum Gasteiger partial charge on any atom is -0.550 e. The molecule has 2 aromatic carbocycles. The summed E-state index contributed by atoms with van der Waals surface area (Å²) in [5.41, 5.74) is 1.08.